The van der Waals surface area contributed by atoms with Crippen LogP contribution in [0.1, 0.15) is 25.5 Å². The topological polar surface area (TPSA) is 43.4 Å². The first kappa shape index (κ1) is 15.2. The molecule has 1 aromatic rings. The van der Waals surface area contributed by atoms with Gasteiger partial charge in [-0.05, 0) is 12.8 Å². The number of hydrogen-bond acceptors (Lipinski definition) is 4. The van der Waals surface area contributed by atoms with Gasteiger partial charge in [-0.25, -0.2) is 0 Å². The van der Waals surface area contributed by atoms with Gasteiger partial charge in [-0.3, -0.25) is 4.98 Å². The molecule has 1 aromatic heterocycles. The molecule has 0 aliphatic heterocycles. The molecule has 0 radical (unpaired) electrons. The number of hydrogen-bond donors (Lipinski definition) is 1. The summed E-state index contributed by atoms with van der Waals surface area (Å²) in [6.07, 6.45) is 3.93. The van der Waals surface area contributed by atoms with Gasteiger partial charge in [-0.15, -0.1) is 0 Å². The maximum absolute atomic E-state index is 5.36. The van der Waals surface area contributed by atoms with Crippen LogP contribution in [0.5, 0.6) is 11.5 Å². The Hall–Kier alpha value is -0.810. The van der Waals surface area contributed by atoms with Crippen molar-refractivity contribution in [3.63, 3.8) is 0 Å². The minimum absolute atomic E-state index is 0.488. The molecule has 4 nitrogen and oxygen atoms in total. The van der Waals surface area contributed by atoms with Crippen LogP contribution in [-0.2, 0) is 6.54 Å². The number of halogens is 1. The van der Waals surface area contributed by atoms with E-state index in [1.807, 2.05) is 0 Å². The Morgan fingerprint density at radius 3 is 2.72 bits per heavy atom. The van der Waals surface area contributed by atoms with Crippen LogP contribution in [0.15, 0.2) is 12.3 Å². The van der Waals surface area contributed by atoms with Crippen molar-refractivity contribution in [1.29, 1.82) is 0 Å². The van der Waals surface area contributed by atoms with E-state index in [-0.39, 0.29) is 0 Å². The Morgan fingerprint density at radius 1 is 1.39 bits per heavy atom. The second-order valence-electron chi connectivity index (χ2n) is 3.96. The van der Waals surface area contributed by atoms with Crippen LogP contribution in [0, 0.1) is 0 Å². The van der Waals surface area contributed by atoms with Crippen LogP contribution in [0.25, 0.3) is 0 Å². The minimum Gasteiger partial charge on any atom is -0.493 e. The smallest absolute Gasteiger partial charge is 0.183 e. The lowest BCUT2D eigenvalue weighted by Gasteiger charge is -2.17. The maximum atomic E-state index is 5.36. The molecular formula is C13H21BrN2O2. The van der Waals surface area contributed by atoms with Gasteiger partial charge in [-0.2, -0.15) is 0 Å². The zero-order chi connectivity index (χ0) is 13.4. The Bertz CT molecular complexity index is 361. The predicted octanol–water partition coefficient (Wildman–Crippen LogP) is 2.75. The van der Waals surface area contributed by atoms with Gasteiger partial charge in [0.15, 0.2) is 11.5 Å². The summed E-state index contributed by atoms with van der Waals surface area (Å²) in [7, 11) is 3.27. The first-order chi connectivity index (χ1) is 8.76. The molecule has 1 unspecified atom stereocenters. The van der Waals surface area contributed by atoms with Crippen molar-refractivity contribution in [3.8, 4) is 11.5 Å². The number of nitrogens with zero attached hydrogens (tertiary/aromatic N) is 1. The third-order valence-electron chi connectivity index (χ3n) is 2.87. The van der Waals surface area contributed by atoms with Crippen molar-refractivity contribution in [3.05, 3.63) is 18.0 Å². The first-order valence-corrected chi connectivity index (χ1v) is 7.24. The fourth-order valence-electron chi connectivity index (χ4n) is 1.80. The van der Waals surface area contributed by atoms with Gasteiger partial charge in [0.25, 0.3) is 0 Å². The molecule has 0 saturated heterocycles. The number of pyridine rings is 1. The van der Waals surface area contributed by atoms with Crippen molar-refractivity contribution in [1.82, 2.24) is 10.3 Å². The molecule has 1 atom stereocenters. The van der Waals surface area contributed by atoms with Crippen LogP contribution in [0.2, 0.25) is 0 Å². The molecule has 0 fully saturated rings. The maximum Gasteiger partial charge on any atom is 0.183 e. The van der Waals surface area contributed by atoms with Crippen molar-refractivity contribution >= 4 is 15.9 Å². The Labute approximate surface area is 117 Å². The van der Waals surface area contributed by atoms with E-state index in [2.05, 4.69) is 33.2 Å². The molecule has 1 N–H and O–H groups in total. The van der Waals surface area contributed by atoms with E-state index < -0.39 is 0 Å². The number of rotatable bonds is 8. The second kappa shape index (κ2) is 8.32. The van der Waals surface area contributed by atoms with Gasteiger partial charge < -0.3 is 14.8 Å². The lowest BCUT2D eigenvalue weighted by Crippen LogP contribution is -2.28. The van der Waals surface area contributed by atoms with Gasteiger partial charge in [0.1, 0.15) is 0 Å². The third-order valence-corrected chi connectivity index (χ3v) is 3.33. The Morgan fingerprint density at radius 2 is 2.17 bits per heavy atom. The summed E-state index contributed by atoms with van der Waals surface area (Å²) in [5.74, 6) is 1.43. The number of alkyl halides is 1. The van der Waals surface area contributed by atoms with Crippen molar-refractivity contribution in [2.75, 3.05) is 19.5 Å². The van der Waals surface area contributed by atoms with E-state index in [9.17, 15) is 0 Å². The molecule has 0 bridgehead atoms. The standard InChI is InChI=1S/C13H21BrN2O2/c1-4-10(5-7-14)16-9-11-13(18-3)12(17-2)6-8-15-11/h6,8,10,16H,4-5,7,9H2,1-3H3. The van der Waals surface area contributed by atoms with Crippen molar-refractivity contribution < 1.29 is 9.47 Å². The van der Waals surface area contributed by atoms with E-state index in [0.717, 1.165) is 29.6 Å². The summed E-state index contributed by atoms with van der Waals surface area (Å²) in [6, 6.07) is 2.29. The van der Waals surface area contributed by atoms with Crippen LogP contribution in [0.3, 0.4) is 0 Å². The van der Waals surface area contributed by atoms with E-state index in [1.54, 1.807) is 26.5 Å². The summed E-state index contributed by atoms with van der Waals surface area (Å²) in [6.45, 7) is 2.86. The van der Waals surface area contributed by atoms with Gasteiger partial charge in [0.05, 0.1) is 19.9 Å². The average molecular weight is 317 g/mol. The van der Waals surface area contributed by atoms with Gasteiger partial charge in [0.2, 0.25) is 0 Å². The molecule has 5 heteroatoms. The van der Waals surface area contributed by atoms with E-state index >= 15 is 0 Å². The van der Waals surface area contributed by atoms with Crippen molar-refractivity contribution in [2.45, 2.75) is 32.4 Å². The number of aromatic nitrogens is 1. The predicted molar refractivity (Wildman–Crippen MR) is 76.7 cm³/mol. The van der Waals surface area contributed by atoms with Gasteiger partial charge >= 0.3 is 0 Å². The Balaban J connectivity index is 2.71. The lowest BCUT2D eigenvalue weighted by molar-refractivity contribution is 0.346. The number of methoxy groups -OCH3 is 2. The first-order valence-electron chi connectivity index (χ1n) is 6.12. The van der Waals surface area contributed by atoms with Crippen molar-refractivity contribution in [2.24, 2.45) is 0 Å². The van der Waals surface area contributed by atoms with E-state index in [0.29, 0.717) is 18.3 Å². The van der Waals surface area contributed by atoms with Crippen LogP contribution < -0.4 is 14.8 Å². The van der Waals surface area contributed by atoms with Crippen LogP contribution in [-0.4, -0.2) is 30.6 Å². The van der Waals surface area contributed by atoms with Crippen LogP contribution >= 0.6 is 15.9 Å². The molecular weight excluding hydrogens is 296 g/mol. The highest BCUT2D eigenvalue weighted by Gasteiger charge is 2.12. The lowest BCUT2D eigenvalue weighted by atomic mass is 10.1. The Kier molecular flexibility index (Phi) is 7.05. The highest BCUT2D eigenvalue weighted by atomic mass is 79.9. The average Bonchev–Trinajstić information content (AvgIpc) is 2.42. The summed E-state index contributed by atoms with van der Waals surface area (Å²) >= 11 is 3.47. The zero-order valence-corrected chi connectivity index (χ0v) is 12.8. The number of nitrogens with one attached hydrogen (secondary N) is 1. The molecule has 0 amide bonds. The quantitative estimate of drug-likeness (QED) is 0.749. The SMILES string of the molecule is CCC(CCBr)NCc1nccc(OC)c1OC. The second-order valence-corrected chi connectivity index (χ2v) is 4.75. The molecule has 1 rings (SSSR count). The molecule has 1 heterocycles. The summed E-state index contributed by atoms with van der Waals surface area (Å²) < 4.78 is 10.6. The summed E-state index contributed by atoms with van der Waals surface area (Å²) in [5.41, 5.74) is 0.880. The number of ether oxygens (including phenoxy) is 2. The fourth-order valence-corrected chi connectivity index (χ4v) is 2.35. The highest BCUT2D eigenvalue weighted by molar-refractivity contribution is 9.09. The molecule has 0 aliphatic carbocycles. The van der Waals surface area contributed by atoms with Crippen LogP contribution in [0.4, 0.5) is 0 Å². The fraction of sp³-hybridized carbons (Fsp3) is 0.615. The largest absolute Gasteiger partial charge is 0.493 e. The van der Waals surface area contributed by atoms with E-state index in [4.69, 9.17) is 9.47 Å². The minimum atomic E-state index is 0.488. The van der Waals surface area contributed by atoms with E-state index in [1.165, 1.54) is 0 Å². The molecule has 0 saturated carbocycles. The summed E-state index contributed by atoms with van der Waals surface area (Å²) in [5, 5.41) is 4.49. The van der Waals surface area contributed by atoms with Gasteiger partial charge in [-0.1, -0.05) is 22.9 Å². The molecule has 0 aromatic carbocycles. The molecule has 0 aliphatic rings. The normalized spacial score (nSPS) is 12.2. The third kappa shape index (κ3) is 4.14. The monoisotopic (exact) mass is 316 g/mol. The summed E-state index contributed by atoms with van der Waals surface area (Å²) in [4.78, 5) is 4.35. The van der Waals surface area contributed by atoms with Gasteiger partial charge in [0, 0.05) is 30.2 Å². The molecule has 102 valence electrons. The molecule has 0 spiro atoms. The zero-order valence-electron chi connectivity index (χ0n) is 11.2. The molecule has 18 heavy (non-hydrogen) atoms. The highest BCUT2D eigenvalue weighted by Crippen LogP contribution is 2.28.